The Morgan fingerprint density at radius 2 is 2.45 bits per heavy atom. The highest BCUT2D eigenvalue weighted by atomic mass is 31.1. The van der Waals surface area contributed by atoms with Crippen LogP contribution in [0.5, 0.6) is 0 Å². The molecule has 1 aromatic heterocycles. The van der Waals surface area contributed by atoms with Crippen LogP contribution in [0.25, 0.3) is 0 Å². The molecule has 8 nitrogen and oxygen atoms in total. The van der Waals surface area contributed by atoms with E-state index in [4.69, 9.17) is 15.4 Å². The fraction of sp³-hybridized carbons (Fsp3) is 0.600. The Hall–Kier alpha value is -1.28. The lowest BCUT2D eigenvalue weighted by Gasteiger charge is -2.15. The standard InChI is InChI=1S/C10H15FN3O5P/c1-5-3-14(10(15)13-9(5)12)8-2-6(11)7(19-8)4-18-20(16)17/h3,6-8,20H,2,4H2,1H3,(H,16,17)(H2,12,13,15)/t6-,7+,8+/m0/s1. The van der Waals surface area contributed by atoms with Gasteiger partial charge >= 0.3 is 13.9 Å². The zero-order valence-corrected chi connectivity index (χ0v) is 11.7. The van der Waals surface area contributed by atoms with Gasteiger partial charge in [0.05, 0.1) is 6.61 Å². The van der Waals surface area contributed by atoms with Crippen LogP contribution in [0, 0.1) is 6.92 Å². The number of ether oxygens (including phenoxy) is 1. The summed E-state index contributed by atoms with van der Waals surface area (Å²) in [4.78, 5) is 23.9. The molecule has 1 fully saturated rings. The highest BCUT2D eigenvalue weighted by Crippen LogP contribution is 2.31. The van der Waals surface area contributed by atoms with Crippen LogP contribution in [0.2, 0.25) is 0 Å². The van der Waals surface area contributed by atoms with E-state index in [1.54, 1.807) is 6.92 Å². The van der Waals surface area contributed by atoms with E-state index in [-0.39, 0.29) is 18.8 Å². The highest BCUT2D eigenvalue weighted by molar-refractivity contribution is 7.32. The lowest BCUT2D eigenvalue weighted by atomic mass is 10.2. The predicted octanol–water partition coefficient (Wildman–Crippen LogP) is 0.158. The van der Waals surface area contributed by atoms with Crippen LogP contribution in [0.15, 0.2) is 11.0 Å². The highest BCUT2D eigenvalue weighted by Gasteiger charge is 2.37. The molecule has 2 heterocycles. The summed E-state index contributed by atoms with van der Waals surface area (Å²) < 4.78 is 35.2. The van der Waals surface area contributed by atoms with Gasteiger partial charge in [0.1, 0.15) is 24.3 Å². The number of hydrogen-bond acceptors (Lipinski definition) is 6. The summed E-state index contributed by atoms with van der Waals surface area (Å²) in [6.07, 6.45) is -1.85. The molecule has 3 N–H and O–H groups in total. The first kappa shape index (κ1) is 15.1. The SMILES string of the molecule is Cc1cn([C@H]2C[C@H](F)[C@@H](CO[PH](=O)O)O2)c(=O)nc1N. The molecular formula is C10H15FN3O5P. The van der Waals surface area contributed by atoms with Gasteiger partial charge in [-0.05, 0) is 6.92 Å². The zero-order chi connectivity index (χ0) is 14.9. The largest absolute Gasteiger partial charge is 0.383 e. The summed E-state index contributed by atoms with van der Waals surface area (Å²) in [5, 5.41) is 0. The third-order valence-corrected chi connectivity index (χ3v) is 3.43. The van der Waals surface area contributed by atoms with E-state index in [1.807, 2.05) is 0 Å². The van der Waals surface area contributed by atoms with Gasteiger partial charge in [-0.3, -0.25) is 9.13 Å². The molecule has 1 unspecified atom stereocenters. The van der Waals surface area contributed by atoms with Gasteiger partial charge in [-0.1, -0.05) is 0 Å². The molecule has 0 bridgehead atoms. The monoisotopic (exact) mass is 307 g/mol. The zero-order valence-electron chi connectivity index (χ0n) is 10.7. The maximum absolute atomic E-state index is 13.7. The summed E-state index contributed by atoms with van der Waals surface area (Å²) in [7, 11) is -3.14. The van der Waals surface area contributed by atoms with Crippen molar-refractivity contribution in [2.45, 2.75) is 31.8 Å². The first-order chi connectivity index (χ1) is 9.38. The van der Waals surface area contributed by atoms with E-state index in [1.165, 1.54) is 6.20 Å². The van der Waals surface area contributed by atoms with Crippen LogP contribution < -0.4 is 11.4 Å². The minimum Gasteiger partial charge on any atom is -0.383 e. The van der Waals surface area contributed by atoms with Crippen molar-refractivity contribution in [2.75, 3.05) is 12.3 Å². The van der Waals surface area contributed by atoms with Crippen LogP contribution in [0.3, 0.4) is 0 Å². The number of halogens is 1. The normalized spacial score (nSPS) is 27.6. The van der Waals surface area contributed by atoms with Crippen molar-refractivity contribution in [2.24, 2.45) is 0 Å². The van der Waals surface area contributed by atoms with Crippen LogP contribution in [-0.2, 0) is 13.8 Å². The van der Waals surface area contributed by atoms with E-state index in [2.05, 4.69) is 9.51 Å². The third kappa shape index (κ3) is 3.24. The predicted molar refractivity (Wildman–Crippen MR) is 68.2 cm³/mol. The molecule has 10 heteroatoms. The van der Waals surface area contributed by atoms with Gasteiger partial charge in [0.2, 0.25) is 0 Å². The minimum absolute atomic E-state index is 0.0642. The number of nitrogens with two attached hydrogens (primary N) is 1. The first-order valence-electron chi connectivity index (χ1n) is 5.89. The van der Waals surface area contributed by atoms with Crippen LogP contribution in [0.1, 0.15) is 18.2 Å². The van der Waals surface area contributed by atoms with Gasteiger partial charge in [0, 0.05) is 18.2 Å². The average Bonchev–Trinajstić information content (AvgIpc) is 2.72. The molecule has 1 aromatic rings. The maximum Gasteiger partial charge on any atom is 0.351 e. The van der Waals surface area contributed by atoms with Crippen molar-refractivity contribution in [3.8, 4) is 0 Å². The van der Waals surface area contributed by atoms with E-state index in [0.717, 1.165) is 4.57 Å². The second kappa shape index (κ2) is 6.01. The number of hydrogen-bond donors (Lipinski definition) is 2. The molecule has 0 aromatic carbocycles. The molecule has 112 valence electrons. The van der Waals surface area contributed by atoms with E-state index >= 15 is 0 Å². The number of aryl methyl sites for hydroxylation is 1. The first-order valence-corrected chi connectivity index (χ1v) is 7.15. The molecule has 20 heavy (non-hydrogen) atoms. The van der Waals surface area contributed by atoms with Crippen molar-refractivity contribution in [3.05, 3.63) is 22.2 Å². The van der Waals surface area contributed by atoms with Gasteiger partial charge in [-0.15, -0.1) is 0 Å². The third-order valence-electron chi connectivity index (χ3n) is 3.02. The summed E-state index contributed by atoms with van der Waals surface area (Å²) in [5.41, 5.74) is 5.44. The Balaban J connectivity index is 2.14. The molecule has 0 saturated carbocycles. The van der Waals surface area contributed by atoms with E-state index < -0.39 is 32.4 Å². The lowest BCUT2D eigenvalue weighted by molar-refractivity contribution is -0.0310. The molecule has 0 spiro atoms. The molecular weight excluding hydrogens is 292 g/mol. The van der Waals surface area contributed by atoms with E-state index in [0.29, 0.717) is 5.56 Å². The number of alkyl halides is 1. The number of nitrogens with zero attached hydrogens (tertiary/aromatic N) is 2. The summed E-state index contributed by atoms with van der Waals surface area (Å²) in [6.45, 7) is 1.32. The molecule has 0 amide bonds. The van der Waals surface area contributed by atoms with Crippen LogP contribution >= 0.6 is 8.25 Å². The van der Waals surface area contributed by atoms with Crippen LogP contribution in [-0.4, -0.2) is 33.3 Å². The lowest BCUT2D eigenvalue weighted by Crippen LogP contribution is -2.28. The van der Waals surface area contributed by atoms with Gasteiger partial charge < -0.3 is 19.9 Å². The van der Waals surface area contributed by atoms with Crippen molar-refractivity contribution in [1.29, 1.82) is 0 Å². The van der Waals surface area contributed by atoms with Gasteiger partial charge in [0.25, 0.3) is 0 Å². The van der Waals surface area contributed by atoms with Crippen molar-refractivity contribution >= 4 is 14.1 Å². The van der Waals surface area contributed by atoms with Gasteiger partial charge in [-0.2, -0.15) is 4.98 Å². The number of aromatic nitrogens is 2. The summed E-state index contributed by atoms with van der Waals surface area (Å²) in [6, 6.07) is 0. The maximum atomic E-state index is 13.7. The molecule has 1 saturated heterocycles. The topological polar surface area (TPSA) is 117 Å². The molecule has 0 radical (unpaired) electrons. The number of anilines is 1. The molecule has 0 aliphatic carbocycles. The molecule has 4 atom stereocenters. The Morgan fingerprint density at radius 3 is 3.10 bits per heavy atom. The minimum atomic E-state index is -3.14. The summed E-state index contributed by atoms with van der Waals surface area (Å²) in [5.74, 6) is 0.111. The van der Waals surface area contributed by atoms with E-state index in [9.17, 15) is 13.8 Å². The van der Waals surface area contributed by atoms with Crippen LogP contribution in [0.4, 0.5) is 10.2 Å². The van der Waals surface area contributed by atoms with Crippen molar-refractivity contribution < 1.29 is 23.1 Å². The Kier molecular flexibility index (Phi) is 4.54. The quantitative estimate of drug-likeness (QED) is 0.761. The fourth-order valence-corrected chi connectivity index (χ4v) is 2.26. The molecule has 1 aliphatic heterocycles. The number of nitrogen functional groups attached to an aromatic ring is 1. The smallest absolute Gasteiger partial charge is 0.351 e. The average molecular weight is 307 g/mol. The van der Waals surface area contributed by atoms with Gasteiger partial charge in [-0.25, -0.2) is 9.18 Å². The second-order valence-corrected chi connectivity index (χ2v) is 5.28. The van der Waals surface area contributed by atoms with Gasteiger partial charge in [0.15, 0.2) is 0 Å². The van der Waals surface area contributed by atoms with Crippen molar-refractivity contribution in [1.82, 2.24) is 9.55 Å². The number of rotatable bonds is 4. The summed E-state index contributed by atoms with van der Waals surface area (Å²) >= 11 is 0. The second-order valence-electron chi connectivity index (χ2n) is 4.46. The Labute approximate surface area is 114 Å². The Morgan fingerprint density at radius 1 is 1.75 bits per heavy atom. The van der Waals surface area contributed by atoms with Crippen molar-refractivity contribution in [3.63, 3.8) is 0 Å². The fourth-order valence-electron chi connectivity index (χ4n) is 1.95. The molecule has 2 rings (SSSR count). The molecule has 1 aliphatic rings. The Bertz CT molecular complexity index is 581.